The van der Waals surface area contributed by atoms with Crippen LogP contribution in [0.25, 0.3) is 21.8 Å². The van der Waals surface area contributed by atoms with Crippen molar-refractivity contribution in [3.63, 3.8) is 0 Å². The quantitative estimate of drug-likeness (QED) is 0.389. The van der Waals surface area contributed by atoms with Crippen LogP contribution in [-0.2, 0) is 0 Å². The molecule has 0 fully saturated rings. The van der Waals surface area contributed by atoms with Gasteiger partial charge in [-0.2, -0.15) is 5.10 Å². The van der Waals surface area contributed by atoms with Gasteiger partial charge in [-0.1, -0.05) is 23.7 Å². The van der Waals surface area contributed by atoms with Gasteiger partial charge >= 0.3 is 0 Å². The number of amides is 1. The van der Waals surface area contributed by atoms with Gasteiger partial charge in [0.05, 0.1) is 11.0 Å². The number of benzene rings is 2. The summed E-state index contributed by atoms with van der Waals surface area (Å²) in [5.41, 5.74) is 1.50. The van der Waals surface area contributed by atoms with Crippen LogP contribution in [0.2, 0.25) is 5.02 Å². The van der Waals surface area contributed by atoms with Crippen LogP contribution in [0, 0.1) is 0 Å². The Hall–Kier alpha value is -3.23. The predicted molar refractivity (Wildman–Crippen MR) is 115 cm³/mol. The molecule has 9 heteroatoms. The number of nitrogens with one attached hydrogen (secondary N) is 4. The summed E-state index contributed by atoms with van der Waals surface area (Å²) in [4.78, 5) is 21.5. The molecule has 0 bridgehead atoms. The first-order valence-electron chi connectivity index (χ1n) is 9.18. The summed E-state index contributed by atoms with van der Waals surface area (Å²) in [6, 6.07) is 12.9. The fourth-order valence-corrected chi connectivity index (χ4v) is 3.29. The number of H-pyrrole nitrogens is 1. The van der Waals surface area contributed by atoms with Crippen LogP contribution in [0.3, 0.4) is 0 Å². The number of aromatic amines is 1. The number of halogens is 1. The number of carbonyl (C=O) groups is 1. The van der Waals surface area contributed by atoms with Crippen molar-refractivity contribution in [3.8, 4) is 0 Å². The van der Waals surface area contributed by atoms with Crippen molar-refractivity contribution in [1.82, 2.24) is 30.8 Å². The molecule has 0 saturated carbocycles. The van der Waals surface area contributed by atoms with Gasteiger partial charge in [0, 0.05) is 28.4 Å². The molecule has 29 heavy (non-hydrogen) atoms. The maximum atomic E-state index is 12.7. The molecule has 4 aromatic rings. The standard InChI is InChI=1S/C20H20ClN7O/c1-11(10-22-2)23-20(29)19-24-15-8-7-12(21)9-14(15)17(26-19)25-18-13-5-3-4-6-16(13)27-28-18/h3-9,11,22H,10H2,1-2H3,(H,23,29)(H2,24,25,26,27,28)/t11-/m0/s1. The third-order valence-electron chi connectivity index (χ3n) is 4.46. The lowest BCUT2D eigenvalue weighted by molar-refractivity contribution is 0.0930. The third-order valence-corrected chi connectivity index (χ3v) is 4.69. The van der Waals surface area contributed by atoms with E-state index in [9.17, 15) is 4.79 Å². The van der Waals surface area contributed by atoms with Crippen LogP contribution >= 0.6 is 11.6 Å². The van der Waals surface area contributed by atoms with Gasteiger partial charge in [0.2, 0.25) is 5.82 Å². The van der Waals surface area contributed by atoms with Crippen molar-refractivity contribution in [1.29, 1.82) is 0 Å². The Balaban J connectivity index is 1.76. The number of para-hydroxylation sites is 1. The summed E-state index contributed by atoms with van der Waals surface area (Å²) < 4.78 is 0. The molecule has 2 aromatic heterocycles. The second-order valence-electron chi connectivity index (χ2n) is 6.73. The van der Waals surface area contributed by atoms with E-state index in [2.05, 4.69) is 36.1 Å². The minimum Gasteiger partial charge on any atom is -0.346 e. The average Bonchev–Trinajstić information content (AvgIpc) is 3.11. The lowest BCUT2D eigenvalue weighted by Gasteiger charge is -2.14. The summed E-state index contributed by atoms with van der Waals surface area (Å²) in [6.07, 6.45) is 0. The number of likely N-dealkylation sites (N-methyl/N-ethyl adjacent to an activating group) is 1. The van der Waals surface area contributed by atoms with Crippen LogP contribution in [0.15, 0.2) is 42.5 Å². The summed E-state index contributed by atoms with van der Waals surface area (Å²) in [6.45, 7) is 2.55. The molecule has 4 rings (SSSR count). The van der Waals surface area contributed by atoms with E-state index < -0.39 is 0 Å². The minimum absolute atomic E-state index is 0.0660. The summed E-state index contributed by atoms with van der Waals surface area (Å²) in [7, 11) is 1.83. The third kappa shape index (κ3) is 3.98. The van der Waals surface area contributed by atoms with Crippen LogP contribution in [0.1, 0.15) is 17.5 Å². The molecule has 148 valence electrons. The van der Waals surface area contributed by atoms with Crippen LogP contribution in [0.5, 0.6) is 0 Å². The molecule has 0 aliphatic carbocycles. The number of nitrogens with zero attached hydrogens (tertiary/aromatic N) is 3. The largest absolute Gasteiger partial charge is 0.346 e. The molecule has 1 amide bonds. The first kappa shape index (κ1) is 19.1. The van der Waals surface area contributed by atoms with Crippen molar-refractivity contribution in [2.75, 3.05) is 18.9 Å². The number of anilines is 2. The van der Waals surface area contributed by atoms with E-state index in [4.69, 9.17) is 11.6 Å². The van der Waals surface area contributed by atoms with Crippen molar-refractivity contribution >= 4 is 50.9 Å². The Kier molecular flexibility index (Phi) is 5.28. The second kappa shape index (κ2) is 8.02. The zero-order chi connectivity index (χ0) is 20.4. The number of carbonyl (C=O) groups excluding carboxylic acids is 1. The van der Waals surface area contributed by atoms with Gasteiger partial charge in [-0.25, -0.2) is 9.97 Å². The molecular formula is C20H20ClN7O. The number of hydrogen-bond donors (Lipinski definition) is 4. The lowest BCUT2D eigenvalue weighted by atomic mass is 10.2. The van der Waals surface area contributed by atoms with Gasteiger partial charge in [0.15, 0.2) is 5.82 Å². The predicted octanol–water partition coefficient (Wildman–Crippen LogP) is 3.24. The van der Waals surface area contributed by atoms with Crippen molar-refractivity contribution in [3.05, 3.63) is 53.3 Å². The minimum atomic E-state index is -0.348. The van der Waals surface area contributed by atoms with E-state index in [-0.39, 0.29) is 17.8 Å². The molecule has 4 N–H and O–H groups in total. The van der Waals surface area contributed by atoms with Gasteiger partial charge in [-0.3, -0.25) is 9.89 Å². The molecule has 1 atom stereocenters. The van der Waals surface area contributed by atoms with Crippen LogP contribution in [0.4, 0.5) is 11.6 Å². The summed E-state index contributed by atoms with van der Waals surface area (Å²) >= 11 is 6.18. The maximum absolute atomic E-state index is 12.7. The van der Waals surface area contributed by atoms with Crippen LogP contribution in [-0.4, -0.2) is 45.7 Å². The monoisotopic (exact) mass is 409 g/mol. The topological polar surface area (TPSA) is 108 Å². The molecule has 0 spiro atoms. The molecule has 0 saturated heterocycles. The fraction of sp³-hybridized carbons (Fsp3) is 0.200. The number of fused-ring (bicyclic) bond motifs is 2. The Morgan fingerprint density at radius 1 is 1.14 bits per heavy atom. The van der Waals surface area contributed by atoms with Crippen molar-refractivity contribution in [2.45, 2.75) is 13.0 Å². The van der Waals surface area contributed by atoms with Gasteiger partial charge in [0.25, 0.3) is 5.91 Å². The van der Waals surface area contributed by atoms with Gasteiger partial charge in [-0.05, 0) is 44.3 Å². The van der Waals surface area contributed by atoms with Crippen molar-refractivity contribution in [2.24, 2.45) is 0 Å². The smallest absolute Gasteiger partial charge is 0.289 e. The highest BCUT2D eigenvalue weighted by Crippen LogP contribution is 2.29. The molecule has 0 radical (unpaired) electrons. The Morgan fingerprint density at radius 3 is 2.79 bits per heavy atom. The van der Waals surface area contributed by atoms with Gasteiger partial charge in [-0.15, -0.1) is 0 Å². The number of hydrogen-bond acceptors (Lipinski definition) is 6. The molecule has 2 aromatic carbocycles. The Labute approximate surface area is 172 Å². The van der Waals surface area contributed by atoms with E-state index in [0.717, 1.165) is 10.9 Å². The zero-order valence-corrected chi connectivity index (χ0v) is 16.7. The normalized spacial score (nSPS) is 12.2. The zero-order valence-electron chi connectivity index (χ0n) is 16.0. The molecule has 8 nitrogen and oxygen atoms in total. The van der Waals surface area contributed by atoms with E-state index in [0.29, 0.717) is 34.1 Å². The van der Waals surface area contributed by atoms with Gasteiger partial charge < -0.3 is 16.0 Å². The molecule has 0 aliphatic rings. The summed E-state index contributed by atoms with van der Waals surface area (Å²) in [5.74, 6) is 0.793. The summed E-state index contributed by atoms with van der Waals surface area (Å²) in [5, 5.41) is 18.6. The second-order valence-corrected chi connectivity index (χ2v) is 7.17. The number of rotatable bonds is 6. The SMILES string of the molecule is CNC[C@H](C)NC(=O)c1nc(Nc2n[nH]c3ccccc23)c2cc(Cl)ccc2n1. The van der Waals surface area contributed by atoms with E-state index >= 15 is 0 Å². The first-order chi connectivity index (χ1) is 14.0. The van der Waals surface area contributed by atoms with E-state index in [1.165, 1.54) is 0 Å². The Bertz CT molecular complexity index is 1190. The van der Waals surface area contributed by atoms with E-state index in [1.54, 1.807) is 18.2 Å². The maximum Gasteiger partial charge on any atom is 0.289 e. The molecule has 2 heterocycles. The lowest BCUT2D eigenvalue weighted by Crippen LogP contribution is -2.39. The average molecular weight is 410 g/mol. The van der Waals surface area contributed by atoms with E-state index in [1.807, 2.05) is 38.2 Å². The molecule has 0 aliphatic heterocycles. The van der Waals surface area contributed by atoms with Gasteiger partial charge in [0.1, 0.15) is 5.82 Å². The Morgan fingerprint density at radius 2 is 1.97 bits per heavy atom. The molecule has 0 unspecified atom stereocenters. The van der Waals surface area contributed by atoms with Crippen LogP contribution < -0.4 is 16.0 Å². The highest BCUT2D eigenvalue weighted by atomic mass is 35.5. The number of aromatic nitrogens is 4. The first-order valence-corrected chi connectivity index (χ1v) is 9.56. The van der Waals surface area contributed by atoms with Crippen molar-refractivity contribution < 1.29 is 4.79 Å². The molecular weight excluding hydrogens is 390 g/mol. The highest BCUT2D eigenvalue weighted by molar-refractivity contribution is 6.31. The highest BCUT2D eigenvalue weighted by Gasteiger charge is 2.17. The fourth-order valence-electron chi connectivity index (χ4n) is 3.11.